The van der Waals surface area contributed by atoms with Gasteiger partial charge in [0.15, 0.2) is 11.4 Å². The largest absolute Gasteiger partial charge is 0.435 e. The van der Waals surface area contributed by atoms with Gasteiger partial charge in [-0.1, -0.05) is 46.1 Å². The number of hydrogen-bond donors (Lipinski definition) is 1. The first-order valence-corrected chi connectivity index (χ1v) is 10.8. The van der Waals surface area contributed by atoms with Crippen molar-refractivity contribution in [3.05, 3.63) is 68.2 Å². The molecule has 0 saturated heterocycles. The number of rotatable bonds is 4. The van der Waals surface area contributed by atoms with Gasteiger partial charge in [0.1, 0.15) is 11.5 Å². The zero-order chi connectivity index (χ0) is 24.0. The standard InChI is InChI=1S/C17H9Cl3F4N4O3S/c1-7-2-3-9(21)6-12(7)32(30,31)26-16(29)13-15(17(22,23)24)28(27-25-13)14-10(19)4-8(18)5-11(14)20/h2-6H,1H3,(H,26,29). The predicted molar refractivity (Wildman–Crippen MR) is 107 cm³/mol. The molecule has 2 aromatic carbocycles. The molecule has 0 aliphatic carbocycles. The summed E-state index contributed by atoms with van der Waals surface area (Å²) in [7, 11) is -4.75. The summed E-state index contributed by atoms with van der Waals surface area (Å²) >= 11 is 17.6. The first-order chi connectivity index (χ1) is 14.7. The van der Waals surface area contributed by atoms with Crippen LogP contribution in [0.4, 0.5) is 17.6 Å². The Morgan fingerprint density at radius 1 is 1.09 bits per heavy atom. The maximum atomic E-state index is 13.8. The molecule has 1 heterocycles. The molecule has 0 unspecified atom stereocenters. The van der Waals surface area contributed by atoms with Gasteiger partial charge in [-0.2, -0.15) is 13.2 Å². The summed E-state index contributed by atoms with van der Waals surface area (Å²) in [5.41, 5.74) is -3.56. The third-order valence-electron chi connectivity index (χ3n) is 4.01. The number of halogens is 7. The first-order valence-electron chi connectivity index (χ1n) is 8.23. The van der Waals surface area contributed by atoms with Gasteiger partial charge in [0.05, 0.1) is 14.9 Å². The molecule has 0 aliphatic rings. The number of hydrogen-bond acceptors (Lipinski definition) is 5. The molecule has 170 valence electrons. The van der Waals surface area contributed by atoms with Gasteiger partial charge in [-0.15, -0.1) is 5.10 Å². The van der Waals surface area contributed by atoms with Crippen LogP contribution < -0.4 is 4.72 Å². The highest BCUT2D eigenvalue weighted by atomic mass is 35.5. The molecule has 0 bridgehead atoms. The van der Waals surface area contributed by atoms with Crippen molar-refractivity contribution in [1.29, 1.82) is 0 Å². The van der Waals surface area contributed by atoms with E-state index in [-0.39, 0.29) is 25.3 Å². The predicted octanol–water partition coefficient (Wildman–Crippen LogP) is 4.81. The summed E-state index contributed by atoms with van der Waals surface area (Å²) in [5.74, 6) is -2.69. The average molecular weight is 532 g/mol. The Hall–Kier alpha value is -2.41. The SMILES string of the molecule is Cc1ccc(F)cc1S(=O)(=O)NC(=O)c1nnn(-c2c(Cl)cc(Cl)cc2Cl)c1C(F)(F)F. The molecule has 0 radical (unpaired) electrons. The van der Waals surface area contributed by atoms with Gasteiger partial charge < -0.3 is 0 Å². The van der Waals surface area contributed by atoms with Crippen LogP contribution in [0.2, 0.25) is 15.1 Å². The van der Waals surface area contributed by atoms with Crippen LogP contribution in [0.1, 0.15) is 21.7 Å². The van der Waals surface area contributed by atoms with Crippen LogP contribution in [0.5, 0.6) is 0 Å². The highest BCUT2D eigenvalue weighted by Gasteiger charge is 2.43. The van der Waals surface area contributed by atoms with Crippen LogP contribution in [0.15, 0.2) is 35.2 Å². The van der Waals surface area contributed by atoms with Crippen LogP contribution in [0.3, 0.4) is 0 Å². The quantitative estimate of drug-likeness (QED) is 0.488. The van der Waals surface area contributed by atoms with Crippen molar-refractivity contribution in [1.82, 2.24) is 19.7 Å². The number of alkyl halides is 3. The lowest BCUT2D eigenvalue weighted by atomic mass is 10.2. The molecular formula is C17H9Cl3F4N4O3S. The zero-order valence-electron chi connectivity index (χ0n) is 15.5. The number of sulfonamides is 1. The Labute approximate surface area is 192 Å². The van der Waals surface area contributed by atoms with E-state index in [9.17, 15) is 30.8 Å². The second-order valence-corrected chi connectivity index (χ2v) is 9.16. The van der Waals surface area contributed by atoms with E-state index in [1.807, 2.05) is 0 Å². The third-order valence-corrected chi connectivity index (χ3v) is 6.28. The van der Waals surface area contributed by atoms with E-state index in [2.05, 4.69) is 10.3 Å². The fourth-order valence-corrected chi connectivity index (χ4v) is 4.86. The van der Waals surface area contributed by atoms with E-state index in [0.29, 0.717) is 6.07 Å². The van der Waals surface area contributed by atoms with Crippen molar-refractivity contribution >= 4 is 50.7 Å². The Balaban J connectivity index is 2.12. The lowest BCUT2D eigenvalue weighted by Crippen LogP contribution is -2.33. The molecule has 0 saturated carbocycles. The molecule has 1 aromatic heterocycles. The number of nitrogens with zero attached hydrogens (tertiary/aromatic N) is 3. The Morgan fingerprint density at radius 2 is 1.69 bits per heavy atom. The topological polar surface area (TPSA) is 93.9 Å². The molecular weight excluding hydrogens is 523 g/mol. The molecule has 0 atom stereocenters. The van der Waals surface area contributed by atoms with Crippen molar-refractivity contribution in [2.24, 2.45) is 0 Å². The van der Waals surface area contributed by atoms with E-state index in [1.165, 1.54) is 11.6 Å². The summed E-state index contributed by atoms with van der Waals surface area (Å²) in [5, 5.41) is 5.79. The van der Waals surface area contributed by atoms with Crippen LogP contribution in [-0.2, 0) is 16.2 Å². The van der Waals surface area contributed by atoms with Crippen molar-refractivity contribution in [2.75, 3.05) is 0 Å². The summed E-state index contributed by atoms with van der Waals surface area (Å²) in [6, 6.07) is 4.88. The number of aromatic nitrogens is 3. The summed E-state index contributed by atoms with van der Waals surface area (Å²) < 4.78 is 81.4. The van der Waals surface area contributed by atoms with Crippen molar-refractivity contribution in [3.8, 4) is 5.69 Å². The zero-order valence-corrected chi connectivity index (χ0v) is 18.6. The maximum absolute atomic E-state index is 13.8. The van der Waals surface area contributed by atoms with E-state index in [4.69, 9.17) is 34.8 Å². The number of benzene rings is 2. The van der Waals surface area contributed by atoms with E-state index >= 15 is 0 Å². The van der Waals surface area contributed by atoms with Gasteiger partial charge >= 0.3 is 6.18 Å². The lowest BCUT2D eigenvalue weighted by molar-refractivity contribution is -0.143. The van der Waals surface area contributed by atoms with Gasteiger partial charge in [0.25, 0.3) is 15.9 Å². The molecule has 1 amide bonds. The molecule has 3 rings (SSSR count). The molecule has 0 fully saturated rings. The Morgan fingerprint density at radius 3 is 2.25 bits per heavy atom. The molecule has 0 aliphatic heterocycles. The monoisotopic (exact) mass is 530 g/mol. The minimum Gasteiger partial charge on any atom is -0.266 e. The minimum absolute atomic E-state index is 0.0203. The molecule has 7 nitrogen and oxygen atoms in total. The van der Waals surface area contributed by atoms with E-state index < -0.39 is 49.9 Å². The van der Waals surface area contributed by atoms with Crippen LogP contribution in [0, 0.1) is 12.7 Å². The normalized spacial score (nSPS) is 12.1. The van der Waals surface area contributed by atoms with Gasteiger partial charge in [0.2, 0.25) is 0 Å². The molecule has 0 spiro atoms. The number of amides is 1. The minimum atomic E-state index is -5.24. The first kappa shape index (κ1) is 24.2. The van der Waals surface area contributed by atoms with Crippen molar-refractivity contribution in [2.45, 2.75) is 18.0 Å². The summed E-state index contributed by atoms with van der Waals surface area (Å²) in [6.07, 6.45) is -5.24. The molecule has 3 aromatic rings. The number of carbonyl (C=O) groups is 1. The fourth-order valence-electron chi connectivity index (χ4n) is 2.67. The smallest absolute Gasteiger partial charge is 0.266 e. The van der Waals surface area contributed by atoms with Gasteiger partial charge in [-0.05, 0) is 36.8 Å². The lowest BCUT2D eigenvalue weighted by Gasteiger charge is -2.14. The second-order valence-electron chi connectivity index (χ2n) is 6.26. The number of carbonyl (C=O) groups excluding carboxylic acids is 1. The van der Waals surface area contributed by atoms with Crippen LogP contribution in [-0.4, -0.2) is 29.3 Å². The Bertz CT molecular complexity index is 1320. The molecule has 1 N–H and O–H groups in total. The maximum Gasteiger partial charge on any atom is 0.435 e. The fraction of sp³-hybridized carbons (Fsp3) is 0.118. The van der Waals surface area contributed by atoms with Gasteiger partial charge in [-0.3, -0.25) is 4.79 Å². The number of nitrogens with one attached hydrogen (secondary N) is 1. The van der Waals surface area contributed by atoms with Crippen molar-refractivity contribution in [3.63, 3.8) is 0 Å². The number of aryl methyl sites for hydroxylation is 1. The van der Waals surface area contributed by atoms with E-state index in [1.54, 1.807) is 0 Å². The highest BCUT2D eigenvalue weighted by Crippen LogP contribution is 2.38. The Kier molecular flexibility index (Phi) is 6.44. The van der Waals surface area contributed by atoms with Crippen LogP contribution in [0.25, 0.3) is 5.69 Å². The summed E-state index contributed by atoms with van der Waals surface area (Å²) in [4.78, 5) is 11.8. The molecule has 32 heavy (non-hydrogen) atoms. The average Bonchev–Trinajstić information content (AvgIpc) is 3.07. The third kappa shape index (κ3) is 4.68. The van der Waals surface area contributed by atoms with E-state index in [0.717, 1.165) is 24.3 Å². The van der Waals surface area contributed by atoms with Crippen molar-refractivity contribution < 1.29 is 30.8 Å². The summed E-state index contributed by atoms with van der Waals surface area (Å²) in [6.45, 7) is 1.31. The highest BCUT2D eigenvalue weighted by molar-refractivity contribution is 7.90. The van der Waals surface area contributed by atoms with Crippen LogP contribution >= 0.6 is 34.8 Å². The second kappa shape index (κ2) is 8.50. The molecule has 15 heteroatoms. The van der Waals surface area contributed by atoms with Gasteiger partial charge in [0, 0.05) is 5.02 Å². The van der Waals surface area contributed by atoms with Gasteiger partial charge in [-0.25, -0.2) is 22.2 Å².